The van der Waals surface area contributed by atoms with Crippen LogP contribution in [0.4, 0.5) is 0 Å². The van der Waals surface area contributed by atoms with Crippen molar-refractivity contribution in [2.75, 3.05) is 0 Å². The molecule has 0 fully saturated rings. The van der Waals surface area contributed by atoms with Crippen molar-refractivity contribution in [1.82, 2.24) is 0 Å². The minimum atomic E-state index is 0. The first-order valence-corrected chi connectivity index (χ1v) is 19.7. The Morgan fingerprint density at radius 1 is 0.556 bits per heavy atom. The maximum atomic E-state index is 2.56. The summed E-state index contributed by atoms with van der Waals surface area (Å²) in [6.45, 7) is 0. The standard InChI is InChI=1S/4H2Se2.Ti/c4*1-2;/h4*1-2H;/q;;;;+4. The van der Waals surface area contributed by atoms with E-state index in [0.717, 1.165) is 0 Å². The van der Waals surface area contributed by atoms with Crippen molar-refractivity contribution >= 4 is 113 Å². The number of hydrogen-bond acceptors (Lipinski definition) is 0. The fourth-order valence-corrected chi connectivity index (χ4v) is 0. The fraction of sp³-hybridized carbons (Fsp3) is 0. The minimum absolute atomic E-state index is 0. The Labute approximate surface area is 138 Å². The maximum absolute atomic E-state index is 2.56. The molecule has 0 rings (SSSR count). The van der Waals surface area contributed by atoms with Crippen molar-refractivity contribution in [2.45, 2.75) is 0 Å². The minimum Gasteiger partial charge on any atom is 4.00 e. The fourth-order valence-electron chi connectivity index (χ4n) is 0. The van der Waals surface area contributed by atoms with Crippen LogP contribution in [0.15, 0.2) is 0 Å². The van der Waals surface area contributed by atoms with E-state index in [1.807, 2.05) is 0 Å². The van der Waals surface area contributed by atoms with Gasteiger partial charge in [0.05, 0.1) is 0 Å². The van der Waals surface area contributed by atoms with Gasteiger partial charge in [-0.05, 0) is 0 Å². The molecule has 0 aliphatic carbocycles. The van der Waals surface area contributed by atoms with E-state index in [4.69, 9.17) is 0 Å². The van der Waals surface area contributed by atoms with Crippen molar-refractivity contribution in [3.8, 4) is 0 Å². The predicted octanol–water partition coefficient (Wildman–Crippen LogP) is -3.67. The Balaban J connectivity index is -0.00000000208. The summed E-state index contributed by atoms with van der Waals surface area (Å²) in [6, 6.07) is 0. The molecule has 0 aromatic heterocycles. The van der Waals surface area contributed by atoms with Gasteiger partial charge in [-0.15, -0.1) is 0 Å². The molecule has 0 amide bonds. The van der Waals surface area contributed by atoms with Gasteiger partial charge < -0.3 is 0 Å². The van der Waals surface area contributed by atoms with Gasteiger partial charge in [-0.3, -0.25) is 0 Å². The maximum Gasteiger partial charge on any atom is 4.00 e. The molecule has 0 atom stereocenters. The van der Waals surface area contributed by atoms with Gasteiger partial charge in [-0.25, -0.2) is 0 Å². The zero-order chi connectivity index (χ0) is 8.00. The van der Waals surface area contributed by atoms with Crippen molar-refractivity contribution in [3.05, 3.63) is 0 Å². The first-order chi connectivity index (χ1) is 4.00. The Bertz CT molecular complexity index is 16.1. The SMILES string of the molecule is [H+].[H+].[H+].[H+].[Se-][SeH].[Se-][SeH].[Se-][SeH].[Se-][SeH].[Ti+4]. The smallest absolute Gasteiger partial charge is 4.00 e. The second kappa shape index (κ2) is 76.5. The summed E-state index contributed by atoms with van der Waals surface area (Å²) in [5, 5.41) is 0. The molecule has 0 saturated carbocycles. The predicted molar refractivity (Wildman–Crippen MR) is 56.1 cm³/mol. The van der Waals surface area contributed by atoms with Crippen molar-refractivity contribution in [1.29, 1.82) is 0 Å². The molecular weight excluding hydrogens is 680 g/mol. The molecular formula is H8Se8Ti+4. The summed E-state index contributed by atoms with van der Waals surface area (Å²) >= 11 is 19.0. The topological polar surface area (TPSA) is 0 Å². The first-order valence-electron chi connectivity index (χ1n) is 0.730. The third kappa shape index (κ3) is 64.1. The van der Waals surface area contributed by atoms with Crippen LogP contribution in [0, 0.1) is 0 Å². The average Bonchev–Trinajstić information content (AvgIpc) is 2.03. The van der Waals surface area contributed by atoms with Crippen LogP contribution in [-0.2, 0) is 21.7 Å². The summed E-state index contributed by atoms with van der Waals surface area (Å²) in [5.74, 6) is 0. The second-order valence-electron chi connectivity index (χ2n) is 0. The summed E-state index contributed by atoms with van der Waals surface area (Å²) < 4.78 is 0. The van der Waals surface area contributed by atoms with E-state index in [0.29, 0.717) is 0 Å². The molecule has 9 heteroatoms. The molecule has 56 valence electrons. The molecule has 0 aliphatic heterocycles. The van der Waals surface area contributed by atoms with Crippen LogP contribution in [0.5, 0.6) is 0 Å². The van der Waals surface area contributed by atoms with E-state index in [2.05, 4.69) is 113 Å². The average molecular weight is 688 g/mol. The van der Waals surface area contributed by atoms with E-state index in [1.54, 1.807) is 0 Å². The van der Waals surface area contributed by atoms with Crippen LogP contribution < -0.4 is 0 Å². The summed E-state index contributed by atoms with van der Waals surface area (Å²) in [7, 11) is 0. The van der Waals surface area contributed by atoms with Crippen LogP contribution in [0.3, 0.4) is 0 Å². The largest absolute Gasteiger partial charge is 4.00 e. The summed E-state index contributed by atoms with van der Waals surface area (Å²) in [5.41, 5.74) is 0. The number of rotatable bonds is 0. The summed E-state index contributed by atoms with van der Waals surface area (Å²) in [6.07, 6.45) is 0. The first kappa shape index (κ1) is 29.2. The normalized spacial score (nSPS) is 2.67. The van der Waals surface area contributed by atoms with Gasteiger partial charge in [0.2, 0.25) is 0 Å². The van der Waals surface area contributed by atoms with E-state index >= 15 is 0 Å². The van der Waals surface area contributed by atoms with Crippen LogP contribution in [0.25, 0.3) is 0 Å². The molecule has 0 saturated heterocycles. The quantitative estimate of drug-likeness (QED) is 0.231. The van der Waals surface area contributed by atoms with Crippen LogP contribution in [-0.4, -0.2) is 113 Å². The Hall–Kier alpha value is 4.87. The van der Waals surface area contributed by atoms with Gasteiger partial charge in [0.25, 0.3) is 0 Å². The molecule has 0 unspecified atom stereocenters. The van der Waals surface area contributed by atoms with Crippen molar-refractivity contribution < 1.29 is 27.4 Å². The van der Waals surface area contributed by atoms with Gasteiger partial charge in [0.1, 0.15) is 0 Å². The van der Waals surface area contributed by atoms with Gasteiger partial charge in [0.15, 0.2) is 0 Å². The van der Waals surface area contributed by atoms with Gasteiger partial charge >= 0.3 is 141 Å². The Morgan fingerprint density at radius 2 is 0.556 bits per heavy atom. The van der Waals surface area contributed by atoms with Crippen LogP contribution in [0.2, 0.25) is 0 Å². The molecule has 0 N–H and O–H groups in total. The molecule has 0 aliphatic rings. The van der Waals surface area contributed by atoms with E-state index in [1.165, 1.54) is 0 Å². The molecule has 0 nitrogen and oxygen atoms in total. The van der Waals surface area contributed by atoms with E-state index < -0.39 is 0 Å². The zero-order valence-corrected chi connectivity index (χ0v) is 19.8. The van der Waals surface area contributed by atoms with Gasteiger partial charge in [-0.2, -0.15) is 0 Å². The van der Waals surface area contributed by atoms with Crippen LogP contribution >= 0.6 is 0 Å². The molecule has 0 aromatic carbocycles. The molecule has 0 aromatic rings. The Kier molecular flexibility index (Phi) is 248. The molecule has 0 radical (unpaired) electrons. The molecule has 0 heterocycles. The second-order valence-corrected chi connectivity index (χ2v) is 0. The van der Waals surface area contributed by atoms with E-state index in [-0.39, 0.29) is 27.4 Å². The van der Waals surface area contributed by atoms with Crippen molar-refractivity contribution in [2.24, 2.45) is 0 Å². The molecule has 0 bridgehead atoms. The monoisotopic (exact) mass is 695 g/mol. The third-order valence-electron chi connectivity index (χ3n) is 0. The number of hydrogen-bond donors (Lipinski definition) is 0. The Morgan fingerprint density at radius 3 is 0.556 bits per heavy atom. The zero-order valence-electron chi connectivity index (χ0n) is 7.92. The van der Waals surface area contributed by atoms with Crippen molar-refractivity contribution in [3.63, 3.8) is 0 Å². The van der Waals surface area contributed by atoms with Gasteiger partial charge in [0, 0.05) is 0 Å². The van der Waals surface area contributed by atoms with Crippen LogP contribution in [0.1, 0.15) is 5.71 Å². The third-order valence-corrected chi connectivity index (χ3v) is 0. The molecule has 0 spiro atoms. The van der Waals surface area contributed by atoms with E-state index in [9.17, 15) is 0 Å². The summed E-state index contributed by atoms with van der Waals surface area (Å²) in [4.78, 5) is 0. The molecule has 9 heavy (non-hydrogen) atoms. The van der Waals surface area contributed by atoms with Gasteiger partial charge in [-0.1, -0.05) is 0 Å².